The summed E-state index contributed by atoms with van der Waals surface area (Å²) >= 11 is 0. The van der Waals surface area contributed by atoms with Crippen molar-refractivity contribution >= 4 is 11.6 Å². The molecule has 1 unspecified atom stereocenters. The van der Waals surface area contributed by atoms with Gasteiger partial charge in [-0.1, -0.05) is 6.07 Å². The Morgan fingerprint density at radius 2 is 2.05 bits per heavy atom. The van der Waals surface area contributed by atoms with Gasteiger partial charge in [0.05, 0.1) is 17.3 Å². The summed E-state index contributed by atoms with van der Waals surface area (Å²) < 4.78 is 51.4. The monoisotopic (exact) mass is 288 g/mol. The highest BCUT2D eigenvalue weighted by Gasteiger charge is 2.48. The van der Waals surface area contributed by atoms with Gasteiger partial charge in [-0.05, 0) is 30.9 Å². The summed E-state index contributed by atoms with van der Waals surface area (Å²) in [5.74, 6) is -1.47. The van der Waals surface area contributed by atoms with Crippen LogP contribution in [0, 0.1) is 11.7 Å². The number of hydrogen-bond donors (Lipinski definition) is 2. The van der Waals surface area contributed by atoms with Crippen molar-refractivity contribution in [3.05, 3.63) is 29.6 Å². The minimum atomic E-state index is -4.78. The van der Waals surface area contributed by atoms with Crippen LogP contribution in [0.5, 0.6) is 0 Å². The molecule has 3 rings (SSSR count). The lowest BCUT2D eigenvalue weighted by atomic mass is 10.1. The first-order chi connectivity index (χ1) is 9.36. The SMILES string of the molecule is O=C(Nc1cccc(C(F)(F)F)c1F)[C@@H]1CC2C[C@H]2N1. The van der Waals surface area contributed by atoms with E-state index in [9.17, 15) is 22.4 Å². The van der Waals surface area contributed by atoms with Gasteiger partial charge in [-0.15, -0.1) is 0 Å². The maximum absolute atomic E-state index is 13.7. The molecule has 7 heteroatoms. The molecule has 1 saturated heterocycles. The molecule has 3 atom stereocenters. The fourth-order valence-corrected chi connectivity index (χ4v) is 2.59. The number of piperidine rings is 1. The zero-order chi connectivity index (χ0) is 14.5. The number of rotatable bonds is 2. The van der Waals surface area contributed by atoms with Gasteiger partial charge in [0.25, 0.3) is 0 Å². The lowest BCUT2D eigenvalue weighted by Crippen LogP contribution is -2.38. The van der Waals surface area contributed by atoms with Crippen molar-refractivity contribution in [3.63, 3.8) is 0 Å². The summed E-state index contributed by atoms with van der Waals surface area (Å²) in [6, 6.07) is 2.72. The molecule has 2 fully saturated rings. The number of carbonyl (C=O) groups excluding carboxylic acids is 1. The van der Waals surface area contributed by atoms with Crippen LogP contribution in [0.4, 0.5) is 23.2 Å². The fourth-order valence-electron chi connectivity index (χ4n) is 2.59. The molecule has 0 bridgehead atoms. The topological polar surface area (TPSA) is 41.1 Å². The average Bonchev–Trinajstić information content (AvgIpc) is 2.97. The van der Waals surface area contributed by atoms with E-state index in [1.807, 2.05) is 0 Å². The molecule has 1 amide bonds. The predicted octanol–water partition coefficient (Wildman–Crippen LogP) is 2.53. The summed E-state index contributed by atoms with van der Waals surface area (Å²) in [5.41, 5.74) is -1.82. The molecule has 2 N–H and O–H groups in total. The zero-order valence-corrected chi connectivity index (χ0v) is 10.3. The third kappa shape index (κ3) is 2.37. The molecule has 0 aromatic heterocycles. The van der Waals surface area contributed by atoms with Crippen molar-refractivity contribution in [1.82, 2.24) is 5.32 Å². The van der Waals surface area contributed by atoms with E-state index in [-0.39, 0.29) is 0 Å². The Kier molecular flexibility index (Phi) is 2.97. The minimum absolute atomic E-state index is 0.331. The molecule has 1 aliphatic heterocycles. The Morgan fingerprint density at radius 1 is 1.30 bits per heavy atom. The van der Waals surface area contributed by atoms with Crippen molar-refractivity contribution < 1.29 is 22.4 Å². The van der Waals surface area contributed by atoms with Gasteiger partial charge in [0.1, 0.15) is 0 Å². The van der Waals surface area contributed by atoms with Crippen LogP contribution in [-0.2, 0) is 11.0 Å². The van der Waals surface area contributed by atoms with Gasteiger partial charge >= 0.3 is 6.18 Å². The van der Waals surface area contributed by atoms with E-state index in [1.165, 1.54) is 0 Å². The first-order valence-corrected chi connectivity index (χ1v) is 6.29. The summed E-state index contributed by atoms with van der Waals surface area (Å²) in [6.07, 6.45) is -3.10. The molecule has 3 nitrogen and oxygen atoms in total. The van der Waals surface area contributed by atoms with E-state index in [4.69, 9.17) is 0 Å². The van der Waals surface area contributed by atoms with Crippen molar-refractivity contribution in [2.24, 2.45) is 5.92 Å². The minimum Gasteiger partial charge on any atom is -0.322 e. The van der Waals surface area contributed by atoms with Crippen LogP contribution >= 0.6 is 0 Å². The predicted molar refractivity (Wildman–Crippen MR) is 63.5 cm³/mol. The van der Waals surface area contributed by atoms with Gasteiger partial charge in [0.15, 0.2) is 5.82 Å². The van der Waals surface area contributed by atoms with Crippen LogP contribution < -0.4 is 10.6 Å². The first kappa shape index (κ1) is 13.4. The van der Waals surface area contributed by atoms with Crippen LogP contribution in [0.15, 0.2) is 18.2 Å². The largest absolute Gasteiger partial charge is 0.419 e. The molecule has 2 aliphatic rings. The number of anilines is 1. The van der Waals surface area contributed by atoms with E-state index in [1.54, 1.807) is 0 Å². The summed E-state index contributed by atoms with van der Waals surface area (Å²) in [5, 5.41) is 5.28. The number of benzene rings is 1. The normalized spacial score (nSPS) is 28.1. The van der Waals surface area contributed by atoms with Crippen LogP contribution in [0.1, 0.15) is 18.4 Å². The summed E-state index contributed by atoms with van der Waals surface area (Å²) in [4.78, 5) is 11.9. The van der Waals surface area contributed by atoms with Crippen molar-refractivity contribution in [2.75, 3.05) is 5.32 Å². The molecule has 1 saturated carbocycles. The molecule has 20 heavy (non-hydrogen) atoms. The molecular formula is C13H12F4N2O. The molecule has 1 aliphatic carbocycles. The van der Waals surface area contributed by atoms with E-state index in [2.05, 4.69) is 10.6 Å². The second-order valence-corrected chi connectivity index (χ2v) is 5.21. The molecule has 1 aromatic carbocycles. The van der Waals surface area contributed by atoms with E-state index >= 15 is 0 Å². The number of halogens is 4. The van der Waals surface area contributed by atoms with Gasteiger partial charge in [-0.3, -0.25) is 4.79 Å². The van der Waals surface area contributed by atoms with Crippen molar-refractivity contribution in [2.45, 2.75) is 31.1 Å². The zero-order valence-electron chi connectivity index (χ0n) is 10.3. The van der Waals surface area contributed by atoms with Crippen molar-refractivity contribution in [3.8, 4) is 0 Å². The lowest BCUT2D eigenvalue weighted by Gasteiger charge is -2.15. The maximum atomic E-state index is 13.7. The van der Waals surface area contributed by atoms with Crippen LogP contribution in [0.3, 0.4) is 0 Å². The molecule has 1 aromatic rings. The third-order valence-electron chi connectivity index (χ3n) is 3.75. The highest BCUT2D eigenvalue weighted by molar-refractivity contribution is 5.95. The molecule has 0 spiro atoms. The summed E-state index contributed by atoms with van der Waals surface area (Å²) in [6.45, 7) is 0. The molecule has 108 valence electrons. The standard InChI is InChI=1S/C13H12F4N2O/c14-11-7(13(15,16)17)2-1-3-8(11)19-12(20)10-5-6-4-9(6)18-10/h1-3,6,9-10,18H,4-5H2,(H,19,20)/t6?,9-,10+/m1/s1. The Balaban J connectivity index is 1.75. The number of fused-ring (bicyclic) bond motifs is 1. The highest BCUT2D eigenvalue weighted by Crippen LogP contribution is 2.41. The maximum Gasteiger partial charge on any atom is 0.419 e. The van der Waals surface area contributed by atoms with Gasteiger partial charge < -0.3 is 10.6 Å². The smallest absolute Gasteiger partial charge is 0.322 e. The first-order valence-electron chi connectivity index (χ1n) is 6.29. The van der Waals surface area contributed by atoms with Crippen LogP contribution in [0.25, 0.3) is 0 Å². The van der Waals surface area contributed by atoms with E-state index < -0.39 is 35.2 Å². The Morgan fingerprint density at radius 3 is 2.65 bits per heavy atom. The Bertz CT molecular complexity index is 548. The summed E-state index contributed by atoms with van der Waals surface area (Å²) in [7, 11) is 0. The third-order valence-corrected chi connectivity index (χ3v) is 3.75. The Labute approximate surface area is 112 Å². The quantitative estimate of drug-likeness (QED) is 0.821. The average molecular weight is 288 g/mol. The van der Waals surface area contributed by atoms with E-state index in [0.29, 0.717) is 24.4 Å². The second-order valence-electron chi connectivity index (χ2n) is 5.21. The molecule has 0 radical (unpaired) electrons. The second kappa shape index (κ2) is 4.44. The van der Waals surface area contributed by atoms with Gasteiger partial charge in [0.2, 0.25) is 5.91 Å². The molecule has 1 heterocycles. The van der Waals surface area contributed by atoms with E-state index in [0.717, 1.165) is 18.6 Å². The van der Waals surface area contributed by atoms with Crippen LogP contribution in [-0.4, -0.2) is 18.0 Å². The Hall–Kier alpha value is -1.63. The highest BCUT2D eigenvalue weighted by atomic mass is 19.4. The van der Waals surface area contributed by atoms with Crippen molar-refractivity contribution in [1.29, 1.82) is 0 Å². The number of nitrogens with one attached hydrogen (secondary N) is 2. The van der Waals surface area contributed by atoms with Gasteiger partial charge in [0, 0.05) is 6.04 Å². The van der Waals surface area contributed by atoms with Crippen LogP contribution in [0.2, 0.25) is 0 Å². The number of amides is 1. The van der Waals surface area contributed by atoms with Gasteiger partial charge in [-0.2, -0.15) is 13.2 Å². The van der Waals surface area contributed by atoms with Gasteiger partial charge in [-0.25, -0.2) is 4.39 Å². The number of hydrogen-bond acceptors (Lipinski definition) is 2. The molecular weight excluding hydrogens is 276 g/mol. The number of alkyl halides is 3. The lowest BCUT2D eigenvalue weighted by molar-refractivity contribution is -0.140. The fraction of sp³-hybridized carbons (Fsp3) is 0.462. The number of carbonyl (C=O) groups is 1.